The summed E-state index contributed by atoms with van der Waals surface area (Å²) in [6, 6.07) is 4.78. The summed E-state index contributed by atoms with van der Waals surface area (Å²) in [5.74, 6) is 0.965. The number of amides is 1. The molecule has 2 aliphatic rings. The first-order chi connectivity index (χ1) is 16.0. The SMILES string of the molecule is [B]C1OC2CCCC2NC(=O)c2cnn3c(NC)cc(nc23)Nc2cc1cc1nn(C)nc21. The molecule has 1 aliphatic carbocycles. The first-order valence-electron chi connectivity index (χ1n) is 10.9. The van der Waals surface area contributed by atoms with Crippen molar-refractivity contribution in [3.63, 3.8) is 0 Å². The number of fused-ring (bicyclic) bond motifs is 6. The van der Waals surface area contributed by atoms with Crippen LogP contribution in [-0.4, -0.2) is 62.5 Å². The maximum Gasteiger partial charge on any atom is 0.257 e. The predicted octanol–water partition coefficient (Wildman–Crippen LogP) is 1.64. The van der Waals surface area contributed by atoms with E-state index in [4.69, 9.17) is 17.6 Å². The van der Waals surface area contributed by atoms with E-state index in [0.29, 0.717) is 39.6 Å². The number of ether oxygens (including phenoxy) is 1. The summed E-state index contributed by atoms with van der Waals surface area (Å²) in [5.41, 5.74) is 3.66. The lowest BCUT2D eigenvalue weighted by molar-refractivity contribution is 0.0179. The molecule has 166 valence electrons. The molecule has 1 amide bonds. The van der Waals surface area contributed by atoms with Gasteiger partial charge in [0.05, 0.1) is 24.0 Å². The van der Waals surface area contributed by atoms with Crippen molar-refractivity contribution in [2.45, 2.75) is 37.4 Å². The van der Waals surface area contributed by atoms with Crippen LogP contribution in [0.3, 0.4) is 0 Å². The van der Waals surface area contributed by atoms with E-state index in [1.54, 1.807) is 18.6 Å². The number of anilines is 3. The summed E-state index contributed by atoms with van der Waals surface area (Å²) in [6.45, 7) is 0. The van der Waals surface area contributed by atoms with Crippen LogP contribution >= 0.6 is 0 Å². The van der Waals surface area contributed by atoms with Crippen LogP contribution in [0, 0.1) is 0 Å². The van der Waals surface area contributed by atoms with E-state index in [1.807, 2.05) is 18.2 Å². The minimum absolute atomic E-state index is 0.147. The number of aromatic nitrogens is 6. The summed E-state index contributed by atoms with van der Waals surface area (Å²) in [5, 5.41) is 22.9. The van der Waals surface area contributed by atoms with Gasteiger partial charge in [0.2, 0.25) is 0 Å². The molecule has 1 saturated carbocycles. The van der Waals surface area contributed by atoms with Gasteiger partial charge >= 0.3 is 0 Å². The average molecular weight is 443 g/mol. The lowest BCUT2D eigenvalue weighted by Gasteiger charge is -2.26. The molecule has 1 fully saturated rings. The number of aryl methyl sites for hydroxylation is 1. The Morgan fingerprint density at radius 2 is 2.12 bits per heavy atom. The maximum atomic E-state index is 13.2. The van der Waals surface area contributed by atoms with Gasteiger partial charge < -0.3 is 20.7 Å². The smallest absolute Gasteiger partial charge is 0.257 e. The summed E-state index contributed by atoms with van der Waals surface area (Å²) in [7, 11) is 10.0. The van der Waals surface area contributed by atoms with Gasteiger partial charge in [-0.15, -0.1) is 0 Å². The Bertz CT molecular complexity index is 1400. The Morgan fingerprint density at radius 1 is 1.24 bits per heavy atom. The number of carbonyl (C=O) groups excluding carboxylic acids is 1. The molecule has 3 aromatic heterocycles. The molecule has 3 atom stereocenters. The molecule has 33 heavy (non-hydrogen) atoms. The number of carbonyl (C=O) groups is 1. The first-order valence-corrected chi connectivity index (χ1v) is 10.9. The van der Waals surface area contributed by atoms with Crippen molar-refractivity contribution in [2.75, 3.05) is 17.7 Å². The van der Waals surface area contributed by atoms with Crippen molar-refractivity contribution in [2.24, 2.45) is 7.05 Å². The van der Waals surface area contributed by atoms with Crippen LogP contribution in [0.5, 0.6) is 0 Å². The summed E-state index contributed by atoms with van der Waals surface area (Å²) in [4.78, 5) is 19.4. The van der Waals surface area contributed by atoms with Gasteiger partial charge in [-0.2, -0.15) is 24.6 Å². The Balaban J connectivity index is 1.58. The third-order valence-corrected chi connectivity index (χ3v) is 6.26. The topological polar surface area (TPSA) is 123 Å². The fraction of sp³-hybridized carbons (Fsp3) is 0.381. The van der Waals surface area contributed by atoms with E-state index in [9.17, 15) is 4.79 Å². The third-order valence-electron chi connectivity index (χ3n) is 6.26. The van der Waals surface area contributed by atoms with Crippen molar-refractivity contribution in [1.29, 1.82) is 0 Å². The van der Waals surface area contributed by atoms with Crippen LogP contribution in [0.1, 0.15) is 41.2 Å². The molecule has 2 radical (unpaired) electrons. The first kappa shape index (κ1) is 20.0. The van der Waals surface area contributed by atoms with Crippen LogP contribution in [0.25, 0.3) is 16.7 Å². The van der Waals surface area contributed by atoms with Crippen molar-refractivity contribution < 1.29 is 9.53 Å². The van der Waals surface area contributed by atoms with E-state index in [2.05, 4.69) is 31.2 Å². The molecule has 4 bridgehead atoms. The fourth-order valence-corrected chi connectivity index (χ4v) is 4.67. The summed E-state index contributed by atoms with van der Waals surface area (Å²) >= 11 is 0. The average Bonchev–Trinajstić information content (AvgIpc) is 3.50. The zero-order valence-electron chi connectivity index (χ0n) is 18.2. The van der Waals surface area contributed by atoms with E-state index < -0.39 is 6.00 Å². The predicted molar refractivity (Wildman–Crippen MR) is 123 cm³/mol. The highest BCUT2D eigenvalue weighted by Gasteiger charge is 2.32. The van der Waals surface area contributed by atoms with Gasteiger partial charge in [-0.25, -0.2) is 4.98 Å². The van der Waals surface area contributed by atoms with E-state index in [1.165, 1.54) is 11.0 Å². The number of benzene rings is 1. The summed E-state index contributed by atoms with van der Waals surface area (Å²) in [6.07, 6.45) is 3.92. The van der Waals surface area contributed by atoms with Crippen molar-refractivity contribution in [3.8, 4) is 0 Å². The van der Waals surface area contributed by atoms with Gasteiger partial charge in [-0.3, -0.25) is 4.79 Å². The second kappa shape index (κ2) is 7.44. The fourth-order valence-electron chi connectivity index (χ4n) is 4.67. The molecule has 1 aliphatic heterocycles. The molecular formula is C21H22BN9O2. The van der Waals surface area contributed by atoms with Crippen LogP contribution in [0.2, 0.25) is 0 Å². The molecule has 1 aromatic carbocycles. The van der Waals surface area contributed by atoms with Gasteiger partial charge in [0, 0.05) is 26.2 Å². The van der Waals surface area contributed by atoms with E-state index >= 15 is 0 Å². The quantitative estimate of drug-likeness (QED) is 0.380. The minimum Gasteiger partial charge on any atom is -0.378 e. The Hall–Kier alpha value is -3.67. The van der Waals surface area contributed by atoms with Crippen LogP contribution in [0.15, 0.2) is 24.4 Å². The number of nitrogens with zero attached hydrogens (tertiary/aromatic N) is 6. The number of hydrogen-bond donors (Lipinski definition) is 3. The van der Waals surface area contributed by atoms with Gasteiger partial charge in [-0.05, 0) is 37.0 Å². The lowest BCUT2D eigenvalue weighted by Crippen LogP contribution is -2.41. The Kier molecular flexibility index (Phi) is 4.51. The highest BCUT2D eigenvalue weighted by atomic mass is 16.5. The molecule has 4 aromatic rings. The van der Waals surface area contributed by atoms with Gasteiger partial charge in [0.25, 0.3) is 5.91 Å². The second-order valence-corrected chi connectivity index (χ2v) is 8.43. The number of nitrogens with one attached hydrogen (secondary N) is 3. The molecule has 12 heteroatoms. The molecule has 11 nitrogen and oxygen atoms in total. The summed E-state index contributed by atoms with van der Waals surface area (Å²) < 4.78 is 7.85. The molecule has 4 heterocycles. The third kappa shape index (κ3) is 3.29. The van der Waals surface area contributed by atoms with Crippen LogP contribution in [0.4, 0.5) is 17.3 Å². The molecule has 0 saturated heterocycles. The molecule has 0 spiro atoms. The van der Waals surface area contributed by atoms with Crippen LogP contribution < -0.4 is 16.0 Å². The van der Waals surface area contributed by atoms with Gasteiger partial charge in [0.1, 0.15) is 36.1 Å². The highest BCUT2D eigenvalue weighted by Crippen LogP contribution is 2.33. The second-order valence-electron chi connectivity index (χ2n) is 8.43. The molecule has 3 N–H and O–H groups in total. The Labute approximate surface area is 190 Å². The molecule has 3 unspecified atom stereocenters. The van der Waals surface area contributed by atoms with Crippen LogP contribution in [-0.2, 0) is 11.8 Å². The van der Waals surface area contributed by atoms with Crippen molar-refractivity contribution in [3.05, 3.63) is 35.5 Å². The monoisotopic (exact) mass is 443 g/mol. The normalized spacial score (nSPS) is 22.7. The molecular weight excluding hydrogens is 421 g/mol. The van der Waals surface area contributed by atoms with Gasteiger partial charge in [-0.1, -0.05) is 0 Å². The van der Waals surface area contributed by atoms with E-state index in [0.717, 1.165) is 24.8 Å². The highest BCUT2D eigenvalue weighted by molar-refractivity contribution is 6.12. The zero-order valence-corrected chi connectivity index (χ0v) is 18.2. The van der Waals surface area contributed by atoms with Crippen molar-refractivity contribution in [1.82, 2.24) is 34.9 Å². The number of hydrogen-bond acceptors (Lipinski definition) is 8. The van der Waals surface area contributed by atoms with Gasteiger partial charge in [0.15, 0.2) is 5.65 Å². The van der Waals surface area contributed by atoms with Crippen molar-refractivity contribution >= 4 is 47.8 Å². The standard InChI is InChI=1S/C21H22BN9O2/c1-23-17-8-16-25-13-6-10(7-14-18(13)29-30(2)28-14)19(22)33-15-5-3-4-12(15)26-21(32)11-9-24-31(17)20(11)27-16/h6-9,12,15,19,23H,3-5H2,1-2H3,(H,25,27)(H,26,32). The molecule has 6 rings (SSSR count). The Morgan fingerprint density at radius 3 is 2.97 bits per heavy atom. The zero-order chi connectivity index (χ0) is 22.7. The maximum absolute atomic E-state index is 13.2. The minimum atomic E-state index is -0.683. The largest absolute Gasteiger partial charge is 0.378 e. The van der Waals surface area contributed by atoms with E-state index in [-0.39, 0.29) is 18.1 Å². The number of rotatable bonds is 1. The lowest BCUT2D eigenvalue weighted by atomic mass is 9.91.